The van der Waals surface area contributed by atoms with Gasteiger partial charge in [-0.2, -0.15) is 21.6 Å². The smallest absolute Gasteiger partial charge is 0.497 e. The van der Waals surface area contributed by atoms with Crippen LogP contribution < -0.4 is 14.3 Å². The molecule has 0 radical (unpaired) electrons. The van der Waals surface area contributed by atoms with Crippen LogP contribution in [0.15, 0.2) is 41.2 Å². The maximum absolute atomic E-state index is 12.5. The Morgan fingerprint density at radius 1 is 0.960 bits per heavy atom. The first kappa shape index (κ1) is 17.1. The Morgan fingerprint density at radius 3 is 2.28 bits per heavy atom. The van der Waals surface area contributed by atoms with Gasteiger partial charge in [0.1, 0.15) is 11.5 Å². The highest BCUT2D eigenvalue weighted by atomic mass is 32.2. The van der Waals surface area contributed by atoms with Gasteiger partial charge in [-0.1, -0.05) is 0 Å². The van der Waals surface area contributed by atoms with Crippen molar-refractivity contribution in [2.75, 3.05) is 7.11 Å². The number of hydrogen-bond acceptors (Lipinski definition) is 5. The van der Waals surface area contributed by atoms with Gasteiger partial charge in [-0.3, -0.25) is 4.79 Å². The summed E-state index contributed by atoms with van der Waals surface area (Å²) in [5.41, 5.74) is -5.27. The Bertz CT molecular complexity index is 1140. The zero-order valence-electron chi connectivity index (χ0n) is 12.5. The molecule has 0 aliphatic carbocycles. The Labute approximate surface area is 138 Å². The molecule has 0 spiro atoms. The fourth-order valence-corrected chi connectivity index (χ4v) is 2.74. The van der Waals surface area contributed by atoms with E-state index in [2.05, 4.69) is 9.17 Å². The van der Waals surface area contributed by atoms with E-state index in [1.54, 1.807) is 12.1 Å². The van der Waals surface area contributed by atoms with E-state index in [-0.39, 0.29) is 10.8 Å². The summed E-state index contributed by atoms with van der Waals surface area (Å²) in [6.45, 7) is 0. The van der Waals surface area contributed by atoms with Gasteiger partial charge in [0.25, 0.3) is 0 Å². The quantitative estimate of drug-likeness (QED) is 0.433. The lowest BCUT2D eigenvalue weighted by Gasteiger charge is -2.10. The zero-order chi connectivity index (χ0) is 18.4. The standard InChI is InChI=1S/C15H10F3NO5S/c1-23-8-2-4-10-13(7-8)19-12-5-3-9(6-11(12)14(10)20)24-25(21,22)15(16,17)18/h2-7H,1H3,(H,19,20). The number of halogens is 3. The molecule has 2 aromatic carbocycles. The molecule has 0 aliphatic rings. The van der Waals surface area contributed by atoms with Gasteiger partial charge in [0, 0.05) is 16.8 Å². The summed E-state index contributed by atoms with van der Waals surface area (Å²) in [5, 5.41) is 0.261. The molecule has 1 aromatic heterocycles. The van der Waals surface area contributed by atoms with Gasteiger partial charge in [-0.05, 0) is 30.3 Å². The summed E-state index contributed by atoms with van der Waals surface area (Å²) in [5.74, 6) is -0.0955. The van der Waals surface area contributed by atoms with Crippen LogP contribution in [0.25, 0.3) is 21.8 Å². The Hall–Kier alpha value is -2.75. The van der Waals surface area contributed by atoms with Crippen LogP contribution >= 0.6 is 0 Å². The van der Waals surface area contributed by atoms with Gasteiger partial charge in [0.15, 0.2) is 5.43 Å². The van der Waals surface area contributed by atoms with Crippen LogP contribution in [0.5, 0.6) is 11.5 Å². The van der Waals surface area contributed by atoms with Crippen LogP contribution in [0.1, 0.15) is 0 Å². The van der Waals surface area contributed by atoms with E-state index in [0.717, 1.165) is 12.1 Å². The fraction of sp³-hybridized carbons (Fsp3) is 0.133. The number of nitrogens with one attached hydrogen (secondary N) is 1. The summed E-state index contributed by atoms with van der Waals surface area (Å²) in [6, 6.07) is 7.87. The fourth-order valence-electron chi connectivity index (χ4n) is 2.29. The van der Waals surface area contributed by atoms with Crippen molar-refractivity contribution in [2.45, 2.75) is 5.51 Å². The van der Waals surface area contributed by atoms with Crippen molar-refractivity contribution < 1.29 is 30.5 Å². The average Bonchev–Trinajstić information content (AvgIpc) is 2.54. The minimum absolute atomic E-state index is 0.00691. The molecular weight excluding hydrogens is 363 g/mol. The number of rotatable bonds is 3. The molecule has 6 nitrogen and oxygen atoms in total. The molecule has 0 amide bonds. The lowest BCUT2D eigenvalue weighted by atomic mass is 10.1. The second kappa shape index (κ2) is 5.66. The number of pyridine rings is 1. The molecule has 0 bridgehead atoms. The van der Waals surface area contributed by atoms with E-state index in [1.165, 1.54) is 19.2 Å². The summed E-state index contributed by atoms with van der Waals surface area (Å²) in [7, 11) is -4.35. The summed E-state index contributed by atoms with van der Waals surface area (Å²) in [6.07, 6.45) is 0. The van der Waals surface area contributed by atoms with Crippen LogP contribution in [0, 0.1) is 0 Å². The number of benzene rings is 2. The van der Waals surface area contributed by atoms with Gasteiger partial charge >= 0.3 is 15.6 Å². The molecule has 3 rings (SSSR count). The maximum atomic E-state index is 12.5. The van der Waals surface area contributed by atoms with Crippen LogP contribution in [-0.2, 0) is 10.1 Å². The third-order valence-corrected chi connectivity index (χ3v) is 4.44. The topological polar surface area (TPSA) is 85.5 Å². The predicted molar refractivity (Wildman–Crippen MR) is 84.2 cm³/mol. The van der Waals surface area contributed by atoms with Crippen molar-refractivity contribution in [1.29, 1.82) is 0 Å². The molecule has 10 heteroatoms. The number of alkyl halides is 3. The van der Waals surface area contributed by atoms with Gasteiger partial charge in [0.2, 0.25) is 0 Å². The minimum atomic E-state index is -5.81. The highest BCUT2D eigenvalue weighted by Crippen LogP contribution is 2.28. The number of aromatic amines is 1. The molecule has 132 valence electrons. The largest absolute Gasteiger partial charge is 0.534 e. The molecule has 0 saturated carbocycles. The molecule has 0 atom stereocenters. The Kier molecular flexibility index (Phi) is 3.87. The first-order chi connectivity index (χ1) is 11.6. The highest BCUT2D eigenvalue weighted by molar-refractivity contribution is 7.88. The molecule has 1 N–H and O–H groups in total. The molecule has 3 aromatic rings. The van der Waals surface area contributed by atoms with Crippen molar-refractivity contribution >= 4 is 31.9 Å². The first-order valence-electron chi connectivity index (χ1n) is 6.77. The number of fused-ring (bicyclic) bond motifs is 2. The van der Waals surface area contributed by atoms with Gasteiger partial charge in [0.05, 0.1) is 18.1 Å². The third kappa shape index (κ3) is 3.00. The first-order valence-corrected chi connectivity index (χ1v) is 8.18. The molecule has 1 heterocycles. The Balaban J connectivity index is 2.17. The van der Waals surface area contributed by atoms with Crippen molar-refractivity contribution in [3.8, 4) is 11.5 Å². The van der Waals surface area contributed by atoms with E-state index in [1.807, 2.05) is 0 Å². The van der Waals surface area contributed by atoms with Crippen LogP contribution in [0.2, 0.25) is 0 Å². The van der Waals surface area contributed by atoms with Gasteiger partial charge in [-0.15, -0.1) is 0 Å². The molecule has 0 unspecified atom stereocenters. The SMILES string of the molecule is COc1ccc2c(=O)c3cc(OS(=O)(=O)C(F)(F)F)ccc3[nH]c2c1. The summed E-state index contributed by atoms with van der Waals surface area (Å²) >= 11 is 0. The van der Waals surface area contributed by atoms with Crippen molar-refractivity contribution in [1.82, 2.24) is 4.98 Å². The van der Waals surface area contributed by atoms with E-state index in [9.17, 15) is 26.4 Å². The third-order valence-electron chi connectivity index (χ3n) is 3.47. The number of hydrogen-bond donors (Lipinski definition) is 1. The van der Waals surface area contributed by atoms with E-state index >= 15 is 0 Å². The number of ether oxygens (including phenoxy) is 1. The van der Waals surface area contributed by atoms with E-state index < -0.39 is 26.8 Å². The second-order valence-corrected chi connectivity index (χ2v) is 6.59. The normalized spacial score (nSPS) is 12.5. The monoisotopic (exact) mass is 373 g/mol. The van der Waals surface area contributed by atoms with Crippen LogP contribution in [0.3, 0.4) is 0 Å². The molecular formula is C15H10F3NO5S. The number of aromatic nitrogens is 1. The lowest BCUT2D eigenvalue weighted by molar-refractivity contribution is -0.0500. The number of methoxy groups -OCH3 is 1. The predicted octanol–water partition coefficient (Wildman–Crippen LogP) is 2.92. The Morgan fingerprint density at radius 2 is 1.64 bits per heavy atom. The van der Waals surface area contributed by atoms with Crippen molar-refractivity contribution in [3.63, 3.8) is 0 Å². The zero-order valence-corrected chi connectivity index (χ0v) is 13.4. The van der Waals surface area contributed by atoms with Crippen molar-refractivity contribution in [3.05, 3.63) is 46.6 Å². The second-order valence-electron chi connectivity index (χ2n) is 5.06. The van der Waals surface area contributed by atoms with E-state index in [0.29, 0.717) is 16.8 Å². The average molecular weight is 373 g/mol. The van der Waals surface area contributed by atoms with Crippen LogP contribution in [0.4, 0.5) is 13.2 Å². The van der Waals surface area contributed by atoms with Crippen molar-refractivity contribution in [2.24, 2.45) is 0 Å². The molecule has 0 fully saturated rings. The van der Waals surface area contributed by atoms with Crippen LogP contribution in [-0.4, -0.2) is 26.0 Å². The molecule has 0 saturated heterocycles. The summed E-state index contributed by atoms with van der Waals surface area (Å²) < 4.78 is 68.5. The minimum Gasteiger partial charge on any atom is -0.497 e. The van der Waals surface area contributed by atoms with E-state index in [4.69, 9.17) is 4.74 Å². The highest BCUT2D eigenvalue weighted by Gasteiger charge is 2.48. The number of H-pyrrole nitrogens is 1. The maximum Gasteiger partial charge on any atom is 0.534 e. The van der Waals surface area contributed by atoms with Gasteiger partial charge in [-0.25, -0.2) is 0 Å². The molecule has 25 heavy (non-hydrogen) atoms. The molecule has 0 aliphatic heterocycles. The van der Waals surface area contributed by atoms with Gasteiger partial charge < -0.3 is 13.9 Å². The lowest BCUT2D eigenvalue weighted by Crippen LogP contribution is -2.28. The summed E-state index contributed by atoms with van der Waals surface area (Å²) in [4.78, 5) is 15.5.